The van der Waals surface area contributed by atoms with Crippen LogP contribution in [-0.4, -0.2) is 58.6 Å². The molecule has 0 unspecified atom stereocenters. The number of carbonyl (C=O) groups is 1. The lowest BCUT2D eigenvalue weighted by molar-refractivity contribution is 0.0686. The van der Waals surface area contributed by atoms with Crippen LogP contribution in [0.15, 0.2) is 18.3 Å². The third-order valence-electron chi connectivity index (χ3n) is 3.49. The molecule has 1 aliphatic rings. The molecule has 0 bridgehead atoms. The van der Waals surface area contributed by atoms with E-state index in [1.807, 2.05) is 6.07 Å². The topological polar surface area (TPSA) is 56.7 Å². The van der Waals surface area contributed by atoms with E-state index in [4.69, 9.17) is 5.11 Å². The van der Waals surface area contributed by atoms with Crippen LogP contribution in [0.4, 0.5) is 0 Å². The maximum atomic E-state index is 11.1. The summed E-state index contributed by atoms with van der Waals surface area (Å²) in [7, 11) is 0. The first-order valence-corrected chi connectivity index (χ1v) is 6.82. The van der Waals surface area contributed by atoms with Crippen molar-refractivity contribution in [2.24, 2.45) is 0 Å². The first-order chi connectivity index (χ1) is 9.20. The first kappa shape index (κ1) is 14.0. The Labute approximate surface area is 113 Å². The molecule has 1 aromatic rings. The average Bonchev–Trinajstić information content (AvgIpc) is 2.42. The van der Waals surface area contributed by atoms with Crippen LogP contribution in [0.1, 0.15) is 29.4 Å². The van der Waals surface area contributed by atoms with Crippen molar-refractivity contribution in [1.82, 2.24) is 14.8 Å². The van der Waals surface area contributed by atoms with Gasteiger partial charge in [0.1, 0.15) is 0 Å². The molecule has 1 aromatic heterocycles. The van der Waals surface area contributed by atoms with Gasteiger partial charge in [-0.2, -0.15) is 0 Å². The summed E-state index contributed by atoms with van der Waals surface area (Å²) >= 11 is 0. The molecule has 104 valence electrons. The predicted octanol–water partition coefficient (Wildman–Crippen LogP) is 1.31. The minimum Gasteiger partial charge on any atom is -0.477 e. The molecule has 0 amide bonds. The van der Waals surface area contributed by atoms with Crippen LogP contribution in [0.3, 0.4) is 0 Å². The van der Waals surface area contributed by atoms with Crippen molar-refractivity contribution in [1.29, 1.82) is 0 Å². The van der Waals surface area contributed by atoms with Gasteiger partial charge in [-0.15, -0.1) is 0 Å². The maximum Gasteiger partial charge on any atom is 0.354 e. The van der Waals surface area contributed by atoms with Crippen molar-refractivity contribution in [3.63, 3.8) is 0 Å². The van der Waals surface area contributed by atoms with Crippen molar-refractivity contribution in [3.05, 3.63) is 29.6 Å². The second-order valence-electron chi connectivity index (χ2n) is 4.93. The fourth-order valence-electron chi connectivity index (χ4n) is 2.49. The van der Waals surface area contributed by atoms with E-state index in [9.17, 15) is 4.79 Å². The van der Waals surface area contributed by atoms with E-state index in [1.54, 1.807) is 6.07 Å². The summed E-state index contributed by atoms with van der Waals surface area (Å²) in [6.45, 7) is 8.15. The molecule has 5 nitrogen and oxygen atoms in total. The highest BCUT2D eigenvalue weighted by Gasteiger charge is 2.19. The van der Waals surface area contributed by atoms with E-state index in [2.05, 4.69) is 21.7 Å². The third-order valence-corrected chi connectivity index (χ3v) is 3.49. The van der Waals surface area contributed by atoms with Gasteiger partial charge in [-0.05, 0) is 24.6 Å². The summed E-state index contributed by atoms with van der Waals surface area (Å²) in [5.41, 5.74) is 0.984. The Morgan fingerprint density at radius 2 is 2.00 bits per heavy atom. The molecule has 0 saturated carbocycles. The van der Waals surface area contributed by atoms with Crippen molar-refractivity contribution >= 4 is 5.97 Å². The number of hydrogen-bond acceptors (Lipinski definition) is 4. The van der Waals surface area contributed by atoms with Crippen LogP contribution >= 0.6 is 0 Å². The molecule has 1 saturated heterocycles. The number of pyridine rings is 1. The summed E-state index contributed by atoms with van der Waals surface area (Å²) in [5.74, 6) is -0.944. The van der Waals surface area contributed by atoms with Crippen molar-refractivity contribution in [2.75, 3.05) is 32.7 Å². The minimum absolute atomic E-state index is 0.179. The van der Waals surface area contributed by atoms with E-state index in [0.717, 1.165) is 38.3 Å². The number of aromatic carboxylic acids is 1. The summed E-state index contributed by atoms with van der Waals surface area (Å²) in [6.07, 6.45) is 2.72. The number of carboxylic acid groups (broad SMARTS) is 1. The Morgan fingerprint density at radius 3 is 2.63 bits per heavy atom. The fraction of sp³-hybridized carbons (Fsp3) is 0.571. The number of carboxylic acids is 1. The summed E-state index contributed by atoms with van der Waals surface area (Å²) in [5, 5.41) is 9.12. The van der Waals surface area contributed by atoms with Crippen molar-refractivity contribution < 1.29 is 9.90 Å². The van der Waals surface area contributed by atoms with Gasteiger partial charge >= 0.3 is 5.97 Å². The molecule has 0 aromatic carbocycles. The Balaban J connectivity index is 1.94. The molecule has 2 heterocycles. The van der Waals surface area contributed by atoms with Crippen LogP contribution in [0, 0.1) is 0 Å². The van der Waals surface area contributed by atoms with Crippen LogP contribution < -0.4 is 0 Å². The molecule has 0 spiro atoms. The van der Waals surface area contributed by atoms with Gasteiger partial charge in [0.25, 0.3) is 0 Å². The average molecular weight is 263 g/mol. The van der Waals surface area contributed by atoms with E-state index in [-0.39, 0.29) is 5.69 Å². The minimum atomic E-state index is -0.944. The van der Waals surface area contributed by atoms with E-state index in [1.165, 1.54) is 12.6 Å². The first-order valence-electron chi connectivity index (χ1n) is 6.82. The molecular weight excluding hydrogens is 242 g/mol. The standard InChI is InChI=1S/C14H21N3O2/c1-2-6-16-7-9-17(10-8-16)11-12-4-3-5-15-13(12)14(18)19/h3-5H,2,6-11H2,1H3,(H,18,19). The summed E-state index contributed by atoms with van der Waals surface area (Å²) in [4.78, 5) is 19.8. The quantitative estimate of drug-likeness (QED) is 0.868. The smallest absolute Gasteiger partial charge is 0.354 e. The molecular formula is C14H21N3O2. The van der Waals surface area contributed by atoms with Gasteiger partial charge < -0.3 is 10.0 Å². The largest absolute Gasteiger partial charge is 0.477 e. The van der Waals surface area contributed by atoms with Gasteiger partial charge in [0.05, 0.1) is 0 Å². The van der Waals surface area contributed by atoms with Gasteiger partial charge in [-0.1, -0.05) is 13.0 Å². The molecule has 19 heavy (non-hydrogen) atoms. The van der Waals surface area contributed by atoms with Crippen LogP contribution in [0.25, 0.3) is 0 Å². The van der Waals surface area contributed by atoms with Gasteiger partial charge in [-0.25, -0.2) is 9.78 Å². The third kappa shape index (κ3) is 3.75. The number of aromatic nitrogens is 1. The van der Waals surface area contributed by atoms with Gasteiger partial charge in [0.15, 0.2) is 5.69 Å². The zero-order valence-electron chi connectivity index (χ0n) is 11.4. The Hall–Kier alpha value is -1.46. The molecule has 1 aliphatic heterocycles. The molecule has 0 radical (unpaired) electrons. The molecule has 1 N–H and O–H groups in total. The number of hydrogen-bond donors (Lipinski definition) is 1. The molecule has 1 fully saturated rings. The number of piperazine rings is 1. The molecule has 0 aliphatic carbocycles. The second kappa shape index (κ2) is 6.63. The monoisotopic (exact) mass is 263 g/mol. The summed E-state index contributed by atoms with van der Waals surface area (Å²) < 4.78 is 0. The van der Waals surface area contributed by atoms with Crippen molar-refractivity contribution in [2.45, 2.75) is 19.9 Å². The van der Waals surface area contributed by atoms with E-state index >= 15 is 0 Å². The highest BCUT2D eigenvalue weighted by atomic mass is 16.4. The van der Waals surface area contributed by atoms with Crippen molar-refractivity contribution in [3.8, 4) is 0 Å². The molecule has 5 heteroatoms. The highest BCUT2D eigenvalue weighted by molar-refractivity contribution is 5.86. The fourth-order valence-corrected chi connectivity index (χ4v) is 2.49. The highest BCUT2D eigenvalue weighted by Crippen LogP contribution is 2.11. The lowest BCUT2D eigenvalue weighted by atomic mass is 10.1. The lowest BCUT2D eigenvalue weighted by Gasteiger charge is -2.34. The van der Waals surface area contributed by atoms with E-state index in [0.29, 0.717) is 6.54 Å². The normalized spacial score (nSPS) is 17.5. The molecule has 2 rings (SSSR count). The Bertz CT molecular complexity index is 428. The maximum absolute atomic E-state index is 11.1. The zero-order chi connectivity index (χ0) is 13.7. The Kier molecular flexibility index (Phi) is 4.87. The zero-order valence-corrected chi connectivity index (χ0v) is 11.4. The van der Waals surface area contributed by atoms with E-state index < -0.39 is 5.97 Å². The van der Waals surface area contributed by atoms with Crippen LogP contribution in [0.5, 0.6) is 0 Å². The summed E-state index contributed by atoms with van der Waals surface area (Å²) in [6, 6.07) is 3.66. The number of rotatable bonds is 5. The second-order valence-corrected chi connectivity index (χ2v) is 4.93. The lowest BCUT2D eigenvalue weighted by Crippen LogP contribution is -2.46. The Morgan fingerprint density at radius 1 is 1.32 bits per heavy atom. The van der Waals surface area contributed by atoms with Crippen LogP contribution in [0.2, 0.25) is 0 Å². The number of nitrogens with zero attached hydrogens (tertiary/aromatic N) is 3. The SMILES string of the molecule is CCCN1CCN(Cc2cccnc2C(=O)O)CC1. The molecule has 0 atom stereocenters. The van der Waals surface area contributed by atoms with Gasteiger partial charge in [-0.3, -0.25) is 4.90 Å². The predicted molar refractivity (Wildman–Crippen MR) is 73.2 cm³/mol. The van der Waals surface area contributed by atoms with Gasteiger partial charge in [0, 0.05) is 38.9 Å². The van der Waals surface area contributed by atoms with Gasteiger partial charge in [0.2, 0.25) is 0 Å². The van der Waals surface area contributed by atoms with Crippen LogP contribution in [-0.2, 0) is 6.54 Å².